The highest BCUT2D eigenvalue weighted by atomic mass is 35.5. The molecule has 1 N–H and O–H groups in total. The van der Waals surface area contributed by atoms with Gasteiger partial charge in [0, 0.05) is 12.7 Å². The first-order valence-corrected chi connectivity index (χ1v) is 5.24. The summed E-state index contributed by atoms with van der Waals surface area (Å²) in [5, 5.41) is 3.29. The zero-order valence-electron chi connectivity index (χ0n) is 8.89. The van der Waals surface area contributed by atoms with Gasteiger partial charge in [-0.2, -0.15) is 0 Å². The van der Waals surface area contributed by atoms with Gasteiger partial charge >= 0.3 is 0 Å². The second-order valence-electron chi connectivity index (χ2n) is 3.21. The molecule has 0 aliphatic carbocycles. The van der Waals surface area contributed by atoms with E-state index in [4.69, 9.17) is 16.3 Å². The van der Waals surface area contributed by atoms with Crippen LogP contribution >= 0.6 is 11.6 Å². The third kappa shape index (κ3) is 3.16. The minimum atomic E-state index is -0.373. The van der Waals surface area contributed by atoms with Gasteiger partial charge in [0.15, 0.2) is 0 Å². The predicted molar refractivity (Wildman–Crippen MR) is 59.7 cm³/mol. The lowest BCUT2D eigenvalue weighted by atomic mass is 10.1. The first kappa shape index (κ1) is 12.4. The molecule has 1 unspecified atom stereocenters. The van der Waals surface area contributed by atoms with Gasteiger partial charge in [0.25, 0.3) is 0 Å². The Morgan fingerprint density at radius 3 is 2.87 bits per heavy atom. The van der Waals surface area contributed by atoms with Gasteiger partial charge in [-0.1, -0.05) is 30.7 Å². The maximum absolute atomic E-state index is 13.7. The average molecular weight is 232 g/mol. The van der Waals surface area contributed by atoms with Crippen molar-refractivity contribution in [1.82, 2.24) is 5.32 Å². The molecule has 0 bridgehead atoms. The fourth-order valence-corrected chi connectivity index (χ4v) is 1.64. The van der Waals surface area contributed by atoms with Gasteiger partial charge < -0.3 is 10.1 Å². The SMILES string of the molecule is CCNC(COC)c1cccc(Cl)c1F. The molecule has 0 fully saturated rings. The maximum atomic E-state index is 13.7. The lowest BCUT2D eigenvalue weighted by Crippen LogP contribution is -2.25. The predicted octanol–water partition coefficient (Wildman–Crippen LogP) is 2.78. The van der Waals surface area contributed by atoms with Gasteiger partial charge in [0.2, 0.25) is 0 Å². The van der Waals surface area contributed by atoms with Crippen LogP contribution in [-0.2, 0) is 4.74 Å². The summed E-state index contributed by atoms with van der Waals surface area (Å²) in [6.45, 7) is 3.14. The van der Waals surface area contributed by atoms with E-state index in [-0.39, 0.29) is 16.9 Å². The third-order valence-corrected chi connectivity index (χ3v) is 2.43. The van der Waals surface area contributed by atoms with Crippen LogP contribution in [0.15, 0.2) is 18.2 Å². The average Bonchev–Trinajstić information content (AvgIpc) is 2.22. The van der Waals surface area contributed by atoms with Crippen molar-refractivity contribution in [1.29, 1.82) is 0 Å². The summed E-state index contributed by atoms with van der Waals surface area (Å²) in [6, 6.07) is 4.84. The van der Waals surface area contributed by atoms with Crippen molar-refractivity contribution >= 4 is 11.6 Å². The van der Waals surface area contributed by atoms with E-state index in [0.717, 1.165) is 6.54 Å². The topological polar surface area (TPSA) is 21.3 Å². The summed E-state index contributed by atoms with van der Waals surface area (Å²) in [6.07, 6.45) is 0. The largest absolute Gasteiger partial charge is 0.383 e. The molecule has 2 nitrogen and oxygen atoms in total. The molecule has 0 aromatic heterocycles. The smallest absolute Gasteiger partial charge is 0.146 e. The quantitative estimate of drug-likeness (QED) is 0.842. The van der Waals surface area contributed by atoms with E-state index < -0.39 is 0 Å². The zero-order chi connectivity index (χ0) is 11.3. The highest BCUT2D eigenvalue weighted by molar-refractivity contribution is 6.30. The van der Waals surface area contributed by atoms with Crippen molar-refractivity contribution in [3.8, 4) is 0 Å². The maximum Gasteiger partial charge on any atom is 0.146 e. The number of hydrogen-bond donors (Lipinski definition) is 1. The van der Waals surface area contributed by atoms with Gasteiger partial charge in [-0.3, -0.25) is 0 Å². The van der Waals surface area contributed by atoms with Gasteiger partial charge in [-0.05, 0) is 12.6 Å². The van der Waals surface area contributed by atoms with Gasteiger partial charge in [-0.15, -0.1) is 0 Å². The molecule has 0 amide bonds. The van der Waals surface area contributed by atoms with Crippen molar-refractivity contribution < 1.29 is 9.13 Å². The third-order valence-electron chi connectivity index (χ3n) is 2.14. The molecule has 15 heavy (non-hydrogen) atoms. The number of ether oxygens (including phenoxy) is 1. The summed E-state index contributed by atoms with van der Waals surface area (Å²) < 4.78 is 18.7. The van der Waals surface area contributed by atoms with E-state index in [9.17, 15) is 4.39 Å². The minimum absolute atomic E-state index is 0.145. The Labute approximate surface area is 94.4 Å². The Bertz CT molecular complexity index is 313. The fraction of sp³-hybridized carbons (Fsp3) is 0.455. The molecule has 1 aromatic rings. The summed E-state index contributed by atoms with van der Waals surface area (Å²) in [4.78, 5) is 0. The molecule has 0 saturated carbocycles. The van der Waals surface area contributed by atoms with E-state index >= 15 is 0 Å². The second kappa shape index (κ2) is 6.05. The van der Waals surface area contributed by atoms with Crippen LogP contribution in [0.1, 0.15) is 18.5 Å². The monoisotopic (exact) mass is 231 g/mol. The van der Waals surface area contributed by atoms with Crippen molar-refractivity contribution in [3.05, 3.63) is 34.6 Å². The number of benzene rings is 1. The molecule has 0 aliphatic heterocycles. The van der Waals surface area contributed by atoms with Crippen molar-refractivity contribution in [2.24, 2.45) is 0 Å². The Morgan fingerprint density at radius 2 is 2.27 bits per heavy atom. The number of methoxy groups -OCH3 is 1. The van der Waals surface area contributed by atoms with E-state index in [0.29, 0.717) is 12.2 Å². The Balaban J connectivity index is 2.94. The van der Waals surface area contributed by atoms with Gasteiger partial charge in [0.1, 0.15) is 5.82 Å². The standard InChI is InChI=1S/C11H15ClFNO/c1-3-14-10(7-15-2)8-5-4-6-9(12)11(8)13/h4-6,10,14H,3,7H2,1-2H3. The van der Waals surface area contributed by atoms with E-state index in [2.05, 4.69) is 5.32 Å². The summed E-state index contributed by atoms with van der Waals surface area (Å²) in [5.41, 5.74) is 0.547. The first-order valence-electron chi connectivity index (χ1n) is 4.87. The normalized spacial score (nSPS) is 12.8. The van der Waals surface area contributed by atoms with E-state index in [1.165, 1.54) is 6.07 Å². The molecule has 0 radical (unpaired) electrons. The molecular weight excluding hydrogens is 217 g/mol. The first-order chi connectivity index (χ1) is 7.20. The summed E-state index contributed by atoms with van der Waals surface area (Å²) >= 11 is 5.71. The molecule has 0 heterocycles. The Kier molecular flexibility index (Phi) is 5.02. The number of likely N-dealkylation sites (N-methyl/N-ethyl adjacent to an activating group) is 1. The molecule has 1 aromatic carbocycles. The highest BCUT2D eigenvalue weighted by Crippen LogP contribution is 2.23. The number of hydrogen-bond acceptors (Lipinski definition) is 2. The second-order valence-corrected chi connectivity index (χ2v) is 3.62. The minimum Gasteiger partial charge on any atom is -0.383 e. The molecule has 0 saturated heterocycles. The Morgan fingerprint density at radius 1 is 1.53 bits per heavy atom. The fourth-order valence-electron chi connectivity index (χ4n) is 1.46. The van der Waals surface area contributed by atoms with Crippen molar-refractivity contribution in [3.63, 3.8) is 0 Å². The van der Waals surface area contributed by atoms with Gasteiger partial charge in [-0.25, -0.2) is 4.39 Å². The van der Waals surface area contributed by atoms with Gasteiger partial charge in [0.05, 0.1) is 17.7 Å². The molecule has 0 aliphatic rings. The molecule has 4 heteroatoms. The Hall–Kier alpha value is -0.640. The molecule has 1 atom stereocenters. The van der Waals surface area contributed by atoms with Crippen LogP contribution in [0.5, 0.6) is 0 Å². The van der Waals surface area contributed by atoms with Crippen LogP contribution in [0, 0.1) is 5.82 Å². The van der Waals surface area contributed by atoms with Crippen LogP contribution < -0.4 is 5.32 Å². The molecule has 0 spiro atoms. The van der Waals surface area contributed by atoms with Crippen LogP contribution in [0.2, 0.25) is 5.02 Å². The van der Waals surface area contributed by atoms with E-state index in [1.807, 2.05) is 6.92 Å². The molecule has 84 valence electrons. The summed E-state index contributed by atoms with van der Waals surface area (Å²) in [5.74, 6) is -0.373. The van der Waals surface area contributed by atoms with E-state index in [1.54, 1.807) is 19.2 Å². The lowest BCUT2D eigenvalue weighted by molar-refractivity contribution is 0.166. The molecule has 1 rings (SSSR count). The van der Waals surface area contributed by atoms with Crippen LogP contribution in [0.25, 0.3) is 0 Å². The number of nitrogens with one attached hydrogen (secondary N) is 1. The van der Waals surface area contributed by atoms with Crippen molar-refractivity contribution in [2.45, 2.75) is 13.0 Å². The zero-order valence-corrected chi connectivity index (χ0v) is 9.64. The van der Waals surface area contributed by atoms with Crippen LogP contribution in [0.4, 0.5) is 4.39 Å². The lowest BCUT2D eigenvalue weighted by Gasteiger charge is -2.18. The molecular formula is C11H15ClFNO. The van der Waals surface area contributed by atoms with Crippen molar-refractivity contribution in [2.75, 3.05) is 20.3 Å². The number of rotatable bonds is 5. The van der Waals surface area contributed by atoms with Crippen LogP contribution in [-0.4, -0.2) is 20.3 Å². The summed E-state index contributed by atoms with van der Waals surface area (Å²) in [7, 11) is 1.59. The van der Waals surface area contributed by atoms with Crippen LogP contribution in [0.3, 0.4) is 0 Å². The number of halogens is 2. The highest BCUT2D eigenvalue weighted by Gasteiger charge is 2.16.